The van der Waals surface area contributed by atoms with Crippen LogP contribution in [0.5, 0.6) is 0 Å². The fraction of sp³-hybridized carbons (Fsp3) is 0.360. The van der Waals surface area contributed by atoms with Gasteiger partial charge in [-0.25, -0.2) is 8.78 Å². The molecule has 7 heteroatoms. The maximum atomic E-state index is 16.3. The Morgan fingerprint density at radius 3 is 2.62 bits per heavy atom. The first kappa shape index (κ1) is 19.5. The molecule has 1 N–H and O–H groups in total. The topological polar surface area (TPSA) is 47.7 Å². The molecule has 1 aliphatic carbocycles. The van der Waals surface area contributed by atoms with Gasteiger partial charge in [-0.3, -0.25) is 4.57 Å². The largest absolute Gasteiger partial charge is 0.371 e. The van der Waals surface area contributed by atoms with Gasteiger partial charge in [-0.2, -0.15) is 0 Å². The van der Waals surface area contributed by atoms with Crippen molar-refractivity contribution >= 4 is 16.6 Å². The average molecular weight is 434 g/mol. The molecule has 164 valence electrons. The average Bonchev–Trinajstić information content (AvgIpc) is 3.38. The molecule has 4 aromatic rings. The predicted octanol–water partition coefficient (Wildman–Crippen LogP) is 6.03. The van der Waals surface area contributed by atoms with Crippen LogP contribution in [0.15, 0.2) is 30.5 Å². The highest BCUT2D eigenvalue weighted by molar-refractivity contribution is 5.97. The van der Waals surface area contributed by atoms with Gasteiger partial charge in [-0.1, -0.05) is 6.92 Å². The van der Waals surface area contributed by atoms with Crippen LogP contribution in [0.25, 0.3) is 27.7 Å². The number of hydrogen-bond donors (Lipinski definition) is 1. The Morgan fingerprint density at radius 1 is 1.12 bits per heavy atom. The van der Waals surface area contributed by atoms with Crippen molar-refractivity contribution in [3.05, 3.63) is 59.3 Å². The molecule has 1 fully saturated rings. The minimum absolute atomic E-state index is 0.358. The Labute approximate surface area is 185 Å². The Balaban J connectivity index is 1.67. The van der Waals surface area contributed by atoms with E-state index in [1.165, 1.54) is 6.07 Å². The first-order valence-corrected chi connectivity index (χ1v) is 11.2. The van der Waals surface area contributed by atoms with Crippen LogP contribution in [0.1, 0.15) is 56.9 Å². The van der Waals surface area contributed by atoms with Gasteiger partial charge in [0.15, 0.2) is 11.6 Å². The summed E-state index contributed by atoms with van der Waals surface area (Å²) in [6.45, 7) is 7.90. The van der Waals surface area contributed by atoms with Crippen LogP contribution >= 0.6 is 0 Å². The lowest BCUT2D eigenvalue weighted by Crippen LogP contribution is -2.37. The standard InChI is InChI=1S/C25H25F2N5/c1-5-14-10-19(18-11-15(26)12-20-17(18)8-9-31(20)16-6-7-16)21(27)23-22(14)28-25(3,4)24-30-29-13(2)32(23)24/h8-12,16,28H,5-7H2,1-4H3. The van der Waals surface area contributed by atoms with E-state index in [9.17, 15) is 4.39 Å². The maximum absolute atomic E-state index is 16.3. The SMILES string of the molecule is CCc1cc(-c2cc(F)cc3c2ccn3C2CC2)c(F)c2c1NC(C)(C)c1nnc(C)n1-2. The normalized spacial score (nSPS) is 16.7. The van der Waals surface area contributed by atoms with Crippen LogP contribution in [-0.4, -0.2) is 19.3 Å². The molecule has 2 aromatic carbocycles. The van der Waals surface area contributed by atoms with Crippen molar-refractivity contribution in [3.63, 3.8) is 0 Å². The van der Waals surface area contributed by atoms with Gasteiger partial charge in [0.25, 0.3) is 0 Å². The van der Waals surface area contributed by atoms with Crippen molar-refractivity contribution in [1.29, 1.82) is 0 Å². The number of hydrogen-bond acceptors (Lipinski definition) is 3. The second-order valence-corrected chi connectivity index (χ2v) is 9.47. The van der Waals surface area contributed by atoms with Gasteiger partial charge >= 0.3 is 0 Å². The highest BCUT2D eigenvalue weighted by Crippen LogP contribution is 2.45. The molecular weight excluding hydrogens is 408 g/mol. The molecule has 0 radical (unpaired) electrons. The molecule has 0 spiro atoms. The second kappa shape index (κ2) is 6.40. The van der Waals surface area contributed by atoms with Gasteiger partial charge in [0.05, 0.1) is 16.7 Å². The first-order valence-electron chi connectivity index (χ1n) is 11.2. The quantitative estimate of drug-likeness (QED) is 0.429. The Bertz CT molecular complexity index is 1410. The van der Waals surface area contributed by atoms with Crippen LogP contribution in [-0.2, 0) is 12.0 Å². The van der Waals surface area contributed by atoms with E-state index in [0.29, 0.717) is 40.9 Å². The van der Waals surface area contributed by atoms with Crippen LogP contribution in [0.3, 0.4) is 0 Å². The summed E-state index contributed by atoms with van der Waals surface area (Å²) in [5.74, 6) is 0.530. The van der Waals surface area contributed by atoms with E-state index in [1.807, 2.05) is 46.0 Å². The smallest absolute Gasteiger partial charge is 0.162 e. The number of rotatable bonds is 3. The van der Waals surface area contributed by atoms with E-state index in [2.05, 4.69) is 20.1 Å². The lowest BCUT2D eigenvalue weighted by atomic mass is 9.92. The van der Waals surface area contributed by atoms with Crippen molar-refractivity contribution in [2.75, 3.05) is 5.32 Å². The summed E-state index contributed by atoms with van der Waals surface area (Å²) in [5, 5.41) is 12.9. The minimum Gasteiger partial charge on any atom is -0.371 e. The Hall–Kier alpha value is -3.22. The third kappa shape index (κ3) is 2.60. The number of anilines is 1. The first-order chi connectivity index (χ1) is 15.3. The molecular formula is C25H25F2N5. The third-order valence-electron chi connectivity index (χ3n) is 6.78. The molecule has 0 bridgehead atoms. The molecule has 1 saturated carbocycles. The van der Waals surface area contributed by atoms with Gasteiger partial charge < -0.3 is 9.88 Å². The van der Waals surface area contributed by atoms with Crippen LogP contribution < -0.4 is 5.32 Å². The molecule has 2 aliphatic rings. The second-order valence-electron chi connectivity index (χ2n) is 9.47. The summed E-state index contributed by atoms with van der Waals surface area (Å²) in [4.78, 5) is 0. The molecule has 32 heavy (non-hydrogen) atoms. The monoisotopic (exact) mass is 433 g/mol. The van der Waals surface area contributed by atoms with Crippen molar-refractivity contribution in [2.45, 2.75) is 58.5 Å². The number of nitrogens with zero attached hydrogens (tertiary/aromatic N) is 4. The van der Waals surface area contributed by atoms with E-state index in [4.69, 9.17) is 0 Å². The minimum atomic E-state index is -0.500. The summed E-state index contributed by atoms with van der Waals surface area (Å²) in [6, 6.07) is 7.26. The van der Waals surface area contributed by atoms with Gasteiger partial charge in [0.2, 0.25) is 0 Å². The number of halogens is 2. The van der Waals surface area contributed by atoms with Gasteiger partial charge in [0, 0.05) is 23.2 Å². The van der Waals surface area contributed by atoms with Crippen LogP contribution in [0.4, 0.5) is 14.5 Å². The van der Waals surface area contributed by atoms with Gasteiger partial charge in [-0.05, 0) is 75.4 Å². The summed E-state index contributed by atoms with van der Waals surface area (Å²) in [7, 11) is 0. The van der Waals surface area contributed by atoms with E-state index >= 15 is 4.39 Å². The highest BCUT2D eigenvalue weighted by atomic mass is 19.1. The number of fused-ring (bicyclic) bond motifs is 4. The van der Waals surface area contributed by atoms with Gasteiger partial charge in [0.1, 0.15) is 17.3 Å². The van der Waals surface area contributed by atoms with Crippen molar-refractivity contribution < 1.29 is 8.78 Å². The lowest BCUT2D eigenvalue weighted by molar-refractivity contribution is 0.521. The zero-order chi connectivity index (χ0) is 22.4. The zero-order valence-corrected chi connectivity index (χ0v) is 18.6. The van der Waals surface area contributed by atoms with Crippen molar-refractivity contribution in [3.8, 4) is 16.8 Å². The molecule has 6 rings (SSSR count). The molecule has 0 saturated heterocycles. The molecule has 3 heterocycles. The third-order valence-corrected chi connectivity index (χ3v) is 6.78. The molecule has 0 amide bonds. The summed E-state index contributed by atoms with van der Waals surface area (Å²) < 4.78 is 35.0. The molecule has 5 nitrogen and oxygen atoms in total. The predicted molar refractivity (Wildman–Crippen MR) is 121 cm³/mol. The zero-order valence-electron chi connectivity index (χ0n) is 18.6. The van der Waals surface area contributed by atoms with Crippen molar-refractivity contribution in [1.82, 2.24) is 19.3 Å². The van der Waals surface area contributed by atoms with Crippen LogP contribution in [0, 0.1) is 18.6 Å². The van der Waals surface area contributed by atoms with Crippen LogP contribution in [0.2, 0.25) is 0 Å². The van der Waals surface area contributed by atoms with E-state index in [-0.39, 0.29) is 5.82 Å². The van der Waals surface area contributed by atoms with E-state index in [1.54, 1.807) is 10.6 Å². The number of aromatic nitrogens is 4. The Kier molecular flexibility index (Phi) is 3.89. The molecule has 0 atom stereocenters. The fourth-order valence-electron chi connectivity index (χ4n) is 5.05. The maximum Gasteiger partial charge on any atom is 0.162 e. The number of nitrogens with one attached hydrogen (secondary N) is 1. The fourth-order valence-corrected chi connectivity index (χ4v) is 5.05. The Morgan fingerprint density at radius 2 is 1.91 bits per heavy atom. The molecule has 0 unspecified atom stereocenters. The summed E-state index contributed by atoms with van der Waals surface area (Å²) >= 11 is 0. The van der Waals surface area contributed by atoms with E-state index < -0.39 is 11.4 Å². The molecule has 1 aliphatic heterocycles. The number of benzene rings is 2. The van der Waals surface area contributed by atoms with Crippen molar-refractivity contribution in [2.24, 2.45) is 0 Å². The molecule has 2 aromatic heterocycles. The lowest BCUT2D eigenvalue weighted by Gasteiger charge is -2.35. The van der Waals surface area contributed by atoms with Gasteiger partial charge in [-0.15, -0.1) is 10.2 Å². The highest BCUT2D eigenvalue weighted by Gasteiger charge is 2.37. The number of aryl methyl sites for hydroxylation is 2. The summed E-state index contributed by atoms with van der Waals surface area (Å²) in [6.07, 6.45) is 4.89. The summed E-state index contributed by atoms with van der Waals surface area (Å²) in [5.41, 5.74) is 3.43. The van der Waals surface area contributed by atoms with E-state index in [0.717, 1.165) is 35.0 Å².